The first kappa shape index (κ1) is 24.0. The van der Waals surface area contributed by atoms with Crippen LogP contribution in [-0.2, 0) is 16.1 Å². The van der Waals surface area contributed by atoms with E-state index in [0.717, 1.165) is 27.8 Å². The molecule has 0 aliphatic heterocycles. The molecule has 3 aromatic carbocycles. The van der Waals surface area contributed by atoms with Gasteiger partial charge in [-0.05, 0) is 53.8 Å². The average molecular weight is 473 g/mol. The van der Waals surface area contributed by atoms with Crippen LogP contribution in [0, 0.1) is 0 Å². The number of carboxylic acids is 1. The minimum Gasteiger partial charge on any atom is -0.478 e. The molecule has 0 heterocycles. The molecular formula is C28H28N2O5. The molecule has 0 saturated heterocycles. The quantitative estimate of drug-likeness (QED) is 0.440. The first-order valence-electron chi connectivity index (χ1n) is 11.5. The molecule has 1 aliphatic rings. The number of aromatic carboxylic acids is 1. The maximum atomic E-state index is 12.6. The largest absolute Gasteiger partial charge is 0.478 e. The second-order valence-electron chi connectivity index (χ2n) is 9.29. The molecule has 7 nitrogen and oxygen atoms in total. The highest BCUT2D eigenvalue weighted by Crippen LogP contribution is 2.44. The molecule has 0 fully saturated rings. The van der Waals surface area contributed by atoms with Crippen molar-refractivity contribution in [3.8, 4) is 11.1 Å². The SMILES string of the molecule is CC(C)(CC(=O)NCc1ccc(C(=O)O)cc1)NC(=O)OCC1c2ccccc2-c2ccccc21. The lowest BCUT2D eigenvalue weighted by atomic mass is 9.98. The Labute approximate surface area is 204 Å². The molecule has 4 rings (SSSR count). The normalized spacial score (nSPS) is 12.4. The Morgan fingerprint density at radius 3 is 2.03 bits per heavy atom. The maximum absolute atomic E-state index is 12.6. The number of ether oxygens (including phenoxy) is 1. The monoisotopic (exact) mass is 472 g/mol. The fourth-order valence-corrected chi connectivity index (χ4v) is 4.38. The zero-order valence-electron chi connectivity index (χ0n) is 19.7. The number of nitrogens with one attached hydrogen (secondary N) is 2. The number of carbonyl (C=O) groups excluding carboxylic acids is 2. The van der Waals surface area contributed by atoms with Crippen LogP contribution >= 0.6 is 0 Å². The molecule has 0 atom stereocenters. The summed E-state index contributed by atoms with van der Waals surface area (Å²) in [5.41, 5.74) is 4.74. The molecular weight excluding hydrogens is 444 g/mol. The number of carbonyl (C=O) groups is 3. The number of fused-ring (bicyclic) bond motifs is 3. The Morgan fingerprint density at radius 2 is 1.46 bits per heavy atom. The van der Waals surface area contributed by atoms with Gasteiger partial charge in [-0.1, -0.05) is 60.7 Å². The van der Waals surface area contributed by atoms with Gasteiger partial charge in [0.15, 0.2) is 0 Å². The molecule has 3 aromatic rings. The molecule has 0 bridgehead atoms. The third kappa shape index (κ3) is 5.69. The molecule has 0 unspecified atom stereocenters. The van der Waals surface area contributed by atoms with Crippen LogP contribution in [0.3, 0.4) is 0 Å². The second-order valence-corrected chi connectivity index (χ2v) is 9.29. The summed E-state index contributed by atoms with van der Waals surface area (Å²) in [6.07, 6.45) is -0.515. The van der Waals surface area contributed by atoms with Crippen molar-refractivity contribution in [3.63, 3.8) is 0 Å². The highest BCUT2D eigenvalue weighted by Gasteiger charge is 2.30. The van der Waals surface area contributed by atoms with Crippen LogP contribution < -0.4 is 10.6 Å². The molecule has 0 spiro atoms. The third-order valence-electron chi connectivity index (χ3n) is 6.08. The summed E-state index contributed by atoms with van der Waals surface area (Å²) in [4.78, 5) is 35.9. The molecule has 35 heavy (non-hydrogen) atoms. The van der Waals surface area contributed by atoms with Crippen molar-refractivity contribution in [2.45, 2.75) is 38.3 Å². The summed E-state index contributed by atoms with van der Waals surface area (Å²) < 4.78 is 5.59. The lowest BCUT2D eigenvalue weighted by Gasteiger charge is -2.26. The van der Waals surface area contributed by atoms with Crippen LogP contribution in [0.1, 0.15) is 53.2 Å². The zero-order chi connectivity index (χ0) is 25.0. The van der Waals surface area contributed by atoms with Gasteiger partial charge in [0.25, 0.3) is 0 Å². The van der Waals surface area contributed by atoms with E-state index < -0.39 is 17.6 Å². The van der Waals surface area contributed by atoms with Crippen molar-refractivity contribution in [3.05, 3.63) is 95.1 Å². The van der Waals surface area contributed by atoms with E-state index in [1.54, 1.807) is 26.0 Å². The fourth-order valence-electron chi connectivity index (χ4n) is 4.38. The third-order valence-corrected chi connectivity index (χ3v) is 6.08. The first-order valence-corrected chi connectivity index (χ1v) is 11.5. The van der Waals surface area contributed by atoms with Gasteiger partial charge < -0.3 is 20.5 Å². The van der Waals surface area contributed by atoms with Gasteiger partial charge in [-0.2, -0.15) is 0 Å². The Kier molecular flexibility index (Phi) is 6.87. The van der Waals surface area contributed by atoms with E-state index in [2.05, 4.69) is 34.9 Å². The van der Waals surface area contributed by atoms with Gasteiger partial charge in [-0.3, -0.25) is 4.79 Å². The van der Waals surface area contributed by atoms with Crippen molar-refractivity contribution < 1.29 is 24.2 Å². The number of benzene rings is 3. The lowest BCUT2D eigenvalue weighted by molar-refractivity contribution is -0.122. The summed E-state index contributed by atoms with van der Waals surface area (Å²) in [5, 5.41) is 14.6. The minimum absolute atomic E-state index is 0.0351. The van der Waals surface area contributed by atoms with E-state index in [1.165, 1.54) is 12.1 Å². The van der Waals surface area contributed by atoms with Crippen LogP contribution in [0.15, 0.2) is 72.8 Å². The van der Waals surface area contributed by atoms with E-state index in [4.69, 9.17) is 9.84 Å². The average Bonchev–Trinajstić information content (AvgIpc) is 3.15. The fraction of sp³-hybridized carbons (Fsp3) is 0.250. The van der Waals surface area contributed by atoms with Gasteiger partial charge in [0.2, 0.25) is 5.91 Å². The molecule has 0 aromatic heterocycles. The maximum Gasteiger partial charge on any atom is 0.407 e. The topological polar surface area (TPSA) is 105 Å². The van der Waals surface area contributed by atoms with Crippen LogP contribution in [-0.4, -0.2) is 35.2 Å². The van der Waals surface area contributed by atoms with Gasteiger partial charge in [0.05, 0.1) is 5.56 Å². The number of alkyl carbamates (subject to hydrolysis) is 1. The summed E-state index contributed by atoms with van der Waals surface area (Å²) in [6.45, 7) is 3.99. The van der Waals surface area contributed by atoms with Gasteiger partial charge >= 0.3 is 12.1 Å². The number of hydrogen-bond acceptors (Lipinski definition) is 4. The first-order chi connectivity index (χ1) is 16.7. The minimum atomic E-state index is -0.998. The molecule has 180 valence electrons. The van der Waals surface area contributed by atoms with E-state index in [1.807, 2.05) is 24.3 Å². The molecule has 2 amide bonds. The van der Waals surface area contributed by atoms with Crippen molar-refractivity contribution in [1.82, 2.24) is 10.6 Å². The van der Waals surface area contributed by atoms with Gasteiger partial charge in [0.1, 0.15) is 6.61 Å². The predicted molar refractivity (Wildman–Crippen MR) is 132 cm³/mol. The highest BCUT2D eigenvalue weighted by atomic mass is 16.5. The Morgan fingerprint density at radius 1 is 0.886 bits per heavy atom. The van der Waals surface area contributed by atoms with Gasteiger partial charge in [-0.15, -0.1) is 0 Å². The van der Waals surface area contributed by atoms with Crippen LogP contribution in [0.4, 0.5) is 4.79 Å². The number of hydrogen-bond donors (Lipinski definition) is 3. The van der Waals surface area contributed by atoms with Crippen LogP contribution in [0.2, 0.25) is 0 Å². The predicted octanol–water partition coefficient (Wildman–Crippen LogP) is 4.71. The molecule has 0 saturated carbocycles. The Balaban J connectivity index is 1.28. The molecule has 1 aliphatic carbocycles. The van der Waals surface area contributed by atoms with E-state index in [0.29, 0.717) is 0 Å². The Hall–Kier alpha value is -4.13. The van der Waals surface area contributed by atoms with Crippen LogP contribution in [0.25, 0.3) is 11.1 Å². The van der Waals surface area contributed by atoms with Gasteiger partial charge in [-0.25, -0.2) is 9.59 Å². The van der Waals surface area contributed by atoms with Gasteiger partial charge in [0, 0.05) is 24.4 Å². The standard InChI is InChI=1S/C28H28N2O5/c1-28(2,15-25(31)29-16-18-11-13-19(14-12-18)26(32)33)30-27(34)35-17-24-22-9-5-3-7-20(22)21-8-4-6-10-23(21)24/h3-14,24H,15-17H2,1-2H3,(H,29,31)(H,30,34)(H,32,33). The zero-order valence-corrected chi connectivity index (χ0v) is 19.7. The summed E-state index contributed by atoms with van der Waals surface area (Å²) in [7, 11) is 0. The lowest BCUT2D eigenvalue weighted by Crippen LogP contribution is -2.47. The molecule has 7 heteroatoms. The summed E-state index contributed by atoms with van der Waals surface area (Å²) in [5.74, 6) is -1.27. The number of rotatable bonds is 8. The summed E-state index contributed by atoms with van der Waals surface area (Å²) in [6, 6.07) is 22.6. The molecule has 3 N–H and O–H groups in total. The number of carboxylic acid groups (broad SMARTS) is 1. The van der Waals surface area contributed by atoms with E-state index in [-0.39, 0.29) is 37.0 Å². The van der Waals surface area contributed by atoms with Crippen molar-refractivity contribution >= 4 is 18.0 Å². The van der Waals surface area contributed by atoms with E-state index >= 15 is 0 Å². The highest BCUT2D eigenvalue weighted by molar-refractivity contribution is 5.87. The van der Waals surface area contributed by atoms with Crippen molar-refractivity contribution in [2.75, 3.05) is 6.61 Å². The van der Waals surface area contributed by atoms with Crippen molar-refractivity contribution in [2.24, 2.45) is 0 Å². The molecule has 0 radical (unpaired) electrons. The Bertz CT molecular complexity index is 1200. The van der Waals surface area contributed by atoms with E-state index in [9.17, 15) is 14.4 Å². The summed E-state index contributed by atoms with van der Waals surface area (Å²) >= 11 is 0. The second kappa shape index (κ2) is 10.0. The smallest absolute Gasteiger partial charge is 0.407 e. The number of amides is 2. The van der Waals surface area contributed by atoms with Crippen LogP contribution in [0.5, 0.6) is 0 Å². The van der Waals surface area contributed by atoms with Crippen molar-refractivity contribution in [1.29, 1.82) is 0 Å².